The maximum atomic E-state index is 3.35. The van der Waals surface area contributed by atoms with Gasteiger partial charge < -0.3 is 5.32 Å². The Morgan fingerprint density at radius 3 is 2.36 bits per heavy atom. The smallest absolute Gasteiger partial charge is 0.00209 e. The molecule has 1 nitrogen and oxygen atoms in total. The van der Waals surface area contributed by atoms with E-state index < -0.39 is 0 Å². The van der Waals surface area contributed by atoms with E-state index >= 15 is 0 Å². The van der Waals surface area contributed by atoms with E-state index in [1.165, 1.54) is 45.1 Å². The molecule has 0 heterocycles. The first-order chi connectivity index (χ1) is 6.81. The minimum atomic E-state index is 0.973. The van der Waals surface area contributed by atoms with Crippen LogP contribution in [0.4, 0.5) is 0 Å². The Morgan fingerprint density at radius 2 is 1.79 bits per heavy atom. The molecule has 1 saturated carbocycles. The molecule has 1 aliphatic carbocycles. The van der Waals surface area contributed by atoms with Crippen LogP contribution in [0.1, 0.15) is 52.4 Å². The topological polar surface area (TPSA) is 12.0 Å². The van der Waals surface area contributed by atoms with Crippen molar-refractivity contribution in [3.63, 3.8) is 0 Å². The van der Waals surface area contributed by atoms with Gasteiger partial charge in [-0.25, -0.2) is 0 Å². The third kappa shape index (κ3) is 3.27. The second-order valence-corrected chi connectivity index (χ2v) is 4.93. The number of hydrogen-bond donors (Lipinski definition) is 1. The van der Waals surface area contributed by atoms with Crippen molar-refractivity contribution in [2.45, 2.75) is 52.4 Å². The lowest BCUT2D eigenvalue weighted by atomic mass is 9.84. The summed E-state index contributed by atoms with van der Waals surface area (Å²) in [6.45, 7) is 5.93. The molecule has 0 aromatic rings. The molecule has 1 fully saturated rings. The molecule has 1 rings (SSSR count). The highest BCUT2D eigenvalue weighted by atomic mass is 14.8. The summed E-state index contributed by atoms with van der Waals surface area (Å²) in [6.07, 6.45) is 8.66. The molecule has 0 radical (unpaired) electrons. The lowest BCUT2D eigenvalue weighted by molar-refractivity contribution is 0.288. The molecule has 0 bridgehead atoms. The van der Waals surface area contributed by atoms with E-state index in [4.69, 9.17) is 0 Å². The number of hydrogen-bond acceptors (Lipinski definition) is 1. The number of rotatable bonds is 6. The van der Waals surface area contributed by atoms with E-state index in [0.717, 1.165) is 17.8 Å². The van der Waals surface area contributed by atoms with Crippen LogP contribution >= 0.6 is 0 Å². The quantitative estimate of drug-likeness (QED) is 0.687. The van der Waals surface area contributed by atoms with Crippen molar-refractivity contribution in [1.29, 1.82) is 0 Å². The van der Waals surface area contributed by atoms with Crippen LogP contribution in [-0.2, 0) is 0 Å². The summed E-state index contributed by atoms with van der Waals surface area (Å²) >= 11 is 0. The Morgan fingerprint density at radius 1 is 1.14 bits per heavy atom. The Balaban J connectivity index is 2.34. The minimum absolute atomic E-state index is 0.973. The molecule has 0 aliphatic heterocycles. The Labute approximate surface area is 89.7 Å². The fourth-order valence-electron chi connectivity index (χ4n) is 3.01. The highest BCUT2D eigenvalue weighted by Gasteiger charge is 2.27. The van der Waals surface area contributed by atoms with Crippen LogP contribution < -0.4 is 5.32 Å². The minimum Gasteiger partial charge on any atom is -0.319 e. The molecule has 84 valence electrons. The largest absolute Gasteiger partial charge is 0.319 e. The van der Waals surface area contributed by atoms with Crippen LogP contribution in [0.2, 0.25) is 0 Å². The summed E-state index contributed by atoms with van der Waals surface area (Å²) in [7, 11) is 2.09. The lowest BCUT2D eigenvalue weighted by Gasteiger charge is -2.23. The average Bonchev–Trinajstić information content (AvgIpc) is 2.62. The maximum absolute atomic E-state index is 3.35. The van der Waals surface area contributed by atoms with Crippen LogP contribution in [0.5, 0.6) is 0 Å². The van der Waals surface area contributed by atoms with E-state index in [2.05, 4.69) is 26.2 Å². The molecule has 0 aromatic heterocycles. The van der Waals surface area contributed by atoms with Crippen LogP contribution in [-0.4, -0.2) is 13.6 Å². The lowest BCUT2D eigenvalue weighted by Crippen LogP contribution is -2.23. The van der Waals surface area contributed by atoms with Gasteiger partial charge in [-0.1, -0.05) is 39.5 Å². The second kappa shape index (κ2) is 6.44. The molecule has 14 heavy (non-hydrogen) atoms. The van der Waals surface area contributed by atoms with Gasteiger partial charge in [0.25, 0.3) is 0 Å². The zero-order valence-corrected chi connectivity index (χ0v) is 10.2. The molecule has 0 saturated heterocycles. The maximum Gasteiger partial charge on any atom is -0.00209 e. The molecule has 2 atom stereocenters. The van der Waals surface area contributed by atoms with E-state index in [1.54, 1.807) is 0 Å². The molecule has 0 aromatic carbocycles. The zero-order valence-electron chi connectivity index (χ0n) is 10.2. The fraction of sp³-hybridized carbons (Fsp3) is 1.00. The van der Waals surface area contributed by atoms with Crippen molar-refractivity contribution < 1.29 is 0 Å². The first-order valence-electron chi connectivity index (χ1n) is 6.46. The number of nitrogens with one attached hydrogen (secondary N) is 1. The monoisotopic (exact) mass is 197 g/mol. The van der Waals surface area contributed by atoms with Crippen molar-refractivity contribution in [2.75, 3.05) is 13.6 Å². The van der Waals surface area contributed by atoms with Gasteiger partial charge in [0.15, 0.2) is 0 Å². The summed E-state index contributed by atoms with van der Waals surface area (Å²) in [6, 6.07) is 0. The molecule has 2 unspecified atom stereocenters. The van der Waals surface area contributed by atoms with Gasteiger partial charge in [0.05, 0.1) is 0 Å². The van der Waals surface area contributed by atoms with Gasteiger partial charge in [0.1, 0.15) is 0 Å². The van der Waals surface area contributed by atoms with E-state index in [1.807, 2.05) is 0 Å². The third-order valence-electron chi connectivity index (χ3n) is 4.07. The van der Waals surface area contributed by atoms with Gasteiger partial charge in [0.2, 0.25) is 0 Å². The van der Waals surface area contributed by atoms with Crippen LogP contribution in [0, 0.1) is 17.8 Å². The van der Waals surface area contributed by atoms with Gasteiger partial charge in [-0.3, -0.25) is 0 Å². The fourth-order valence-corrected chi connectivity index (χ4v) is 3.01. The van der Waals surface area contributed by atoms with Crippen molar-refractivity contribution in [2.24, 2.45) is 17.8 Å². The highest BCUT2D eigenvalue weighted by Crippen LogP contribution is 2.36. The SMILES string of the molecule is CCC(CC)CC1CCCC1CNC. The summed E-state index contributed by atoms with van der Waals surface area (Å²) in [5.74, 6) is 2.98. The van der Waals surface area contributed by atoms with Gasteiger partial charge in [-0.2, -0.15) is 0 Å². The predicted molar refractivity (Wildman–Crippen MR) is 63.4 cm³/mol. The van der Waals surface area contributed by atoms with Crippen LogP contribution in [0.15, 0.2) is 0 Å². The van der Waals surface area contributed by atoms with Gasteiger partial charge >= 0.3 is 0 Å². The van der Waals surface area contributed by atoms with Crippen LogP contribution in [0.25, 0.3) is 0 Å². The van der Waals surface area contributed by atoms with Crippen molar-refractivity contribution in [3.05, 3.63) is 0 Å². The summed E-state index contributed by atoms with van der Waals surface area (Å²) in [5, 5.41) is 3.35. The van der Waals surface area contributed by atoms with E-state index in [-0.39, 0.29) is 0 Å². The van der Waals surface area contributed by atoms with Gasteiger partial charge in [-0.05, 0) is 44.2 Å². The average molecular weight is 197 g/mol. The highest BCUT2D eigenvalue weighted by molar-refractivity contribution is 4.80. The van der Waals surface area contributed by atoms with Crippen LogP contribution in [0.3, 0.4) is 0 Å². The molecular weight excluding hydrogens is 170 g/mol. The first-order valence-corrected chi connectivity index (χ1v) is 6.46. The summed E-state index contributed by atoms with van der Waals surface area (Å²) < 4.78 is 0. The molecule has 0 amide bonds. The zero-order chi connectivity index (χ0) is 10.4. The predicted octanol–water partition coefficient (Wildman–Crippen LogP) is 3.45. The molecule has 1 aliphatic rings. The summed E-state index contributed by atoms with van der Waals surface area (Å²) in [5.41, 5.74) is 0. The van der Waals surface area contributed by atoms with E-state index in [0.29, 0.717) is 0 Å². The van der Waals surface area contributed by atoms with Crippen molar-refractivity contribution in [3.8, 4) is 0 Å². The molecule has 1 N–H and O–H groups in total. The Hall–Kier alpha value is -0.0400. The third-order valence-corrected chi connectivity index (χ3v) is 4.07. The van der Waals surface area contributed by atoms with Gasteiger partial charge in [0, 0.05) is 0 Å². The summed E-state index contributed by atoms with van der Waals surface area (Å²) in [4.78, 5) is 0. The molecular formula is C13H27N. The van der Waals surface area contributed by atoms with Crippen molar-refractivity contribution in [1.82, 2.24) is 5.32 Å². The molecule has 1 heteroatoms. The Bertz CT molecular complexity index is 140. The first kappa shape index (κ1) is 12.0. The van der Waals surface area contributed by atoms with Crippen molar-refractivity contribution >= 4 is 0 Å². The van der Waals surface area contributed by atoms with E-state index in [9.17, 15) is 0 Å². The Kier molecular flexibility index (Phi) is 5.54. The molecule has 0 spiro atoms. The standard InChI is InChI=1S/C13H27N/c1-4-11(5-2)9-12-7-6-8-13(12)10-14-3/h11-14H,4-10H2,1-3H3. The normalized spacial score (nSPS) is 27.4. The van der Waals surface area contributed by atoms with Gasteiger partial charge in [-0.15, -0.1) is 0 Å². The second-order valence-electron chi connectivity index (χ2n) is 4.93.